The van der Waals surface area contributed by atoms with Gasteiger partial charge in [-0.15, -0.1) is 0 Å². The van der Waals surface area contributed by atoms with Crippen LogP contribution in [0.25, 0.3) is 0 Å². The van der Waals surface area contributed by atoms with Gasteiger partial charge in [0.2, 0.25) is 0 Å². The first-order chi connectivity index (χ1) is 8.40. The second kappa shape index (κ2) is 7.34. The molecule has 0 aromatic carbocycles. The van der Waals surface area contributed by atoms with Gasteiger partial charge in [0.1, 0.15) is 0 Å². The van der Waals surface area contributed by atoms with Crippen molar-refractivity contribution in [1.29, 1.82) is 0 Å². The van der Waals surface area contributed by atoms with E-state index in [1.165, 1.54) is 51.4 Å². The second-order valence-electron chi connectivity index (χ2n) is 5.49. The van der Waals surface area contributed by atoms with E-state index >= 15 is 0 Å². The Kier molecular flexibility index (Phi) is 5.75. The topological polar surface area (TPSA) is 44.5 Å². The summed E-state index contributed by atoms with van der Waals surface area (Å²) in [5.74, 6) is 0.570. The van der Waals surface area contributed by atoms with Gasteiger partial charge in [-0.05, 0) is 44.6 Å². The van der Waals surface area contributed by atoms with Crippen LogP contribution in [0.1, 0.15) is 51.4 Å². The molecule has 1 saturated carbocycles. The van der Waals surface area contributed by atoms with Gasteiger partial charge in [-0.25, -0.2) is 0 Å². The van der Waals surface area contributed by atoms with Crippen LogP contribution in [0.15, 0.2) is 0 Å². The number of nitrogens with two attached hydrogens (primary N) is 1. The third-order valence-corrected chi connectivity index (χ3v) is 4.16. The van der Waals surface area contributed by atoms with Crippen molar-refractivity contribution in [2.45, 2.75) is 63.6 Å². The van der Waals surface area contributed by atoms with Crippen molar-refractivity contribution < 1.29 is 9.47 Å². The zero-order valence-corrected chi connectivity index (χ0v) is 10.9. The zero-order chi connectivity index (χ0) is 11.9. The van der Waals surface area contributed by atoms with Crippen molar-refractivity contribution in [2.24, 2.45) is 11.7 Å². The summed E-state index contributed by atoms with van der Waals surface area (Å²) in [5, 5.41) is 0. The molecule has 3 heteroatoms. The molecule has 17 heavy (non-hydrogen) atoms. The Morgan fingerprint density at radius 3 is 2.59 bits per heavy atom. The van der Waals surface area contributed by atoms with Crippen LogP contribution < -0.4 is 5.73 Å². The summed E-state index contributed by atoms with van der Waals surface area (Å²) in [6.45, 7) is 2.47. The molecule has 3 unspecified atom stereocenters. The van der Waals surface area contributed by atoms with Gasteiger partial charge in [0.15, 0.2) is 0 Å². The van der Waals surface area contributed by atoms with Crippen LogP contribution in [0.2, 0.25) is 0 Å². The second-order valence-corrected chi connectivity index (χ2v) is 5.49. The highest BCUT2D eigenvalue weighted by molar-refractivity contribution is 4.76. The summed E-state index contributed by atoms with van der Waals surface area (Å²) < 4.78 is 11.8. The highest BCUT2D eigenvalue weighted by Gasteiger charge is 2.24. The summed E-state index contributed by atoms with van der Waals surface area (Å²) in [6, 6.07) is 0. The number of hydrogen-bond donors (Lipinski definition) is 1. The summed E-state index contributed by atoms with van der Waals surface area (Å²) in [5.41, 5.74) is 5.86. The zero-order valence-electron chi connectivity index (χ0n) is 10.9. The molecular weight excluding hydrogens is 214 g/mol. The first-order valence-electron chi connectivity index (χ1n) is 7.33. The molecule has 1 saturated heterocycles. The Labute approximate surface area is 105 Å². The number of hydrogen-bond acceptors (Lipinski definition) is 3. The quantitative estimate of drug-likeness (QED) is 0.769. The smallest absolute Gasteiger partial charge is 0.0808 e. The fourth-order valence-corrected chi connectivity index (χ4v) is 3.01. The number of ether oxygens (including phenoxy) is 2. The maximum atomic E-state index is 6.10. The number of rotatable bonds is 4. The monoisotopic (exact) mass is 241 g/mol. The lowest BCUT2D eigenvalue weighted by molar-refractivity contribution is -0.0768. The van der Waals surface area contributed by atoms with Gasteiger partial charge in [0.25, 0.3) is 0 Å². The van der Waals surface area contributed by atoms with Crippen LogP contribution in [0, 0.1) is 5.92 Å². The third-order valence-electron chi connectivity index (χ3n) is 4.16. The van der Waals surface area contributed by atoms with E-state index in [4.69, 9.17) is 15.2 Å². The molecule has 0 radical (unpaired) electrons. The SMILES string of the molecule is NCC1CCCCCC1OCC1CCCCO1. The standard InChI is InChI=1S/C14H27NO2/c15-10-12-6-2-1-3-8-14(12)17-11-13-7-4-5-9-16-13/h12-14H,1-11,15H2. The molecule has 0 aromatic rings. The predicted octanol–water partition coefficient (Wildman–Crippen LogP) is 2.48. The van der Waals surface area contributed by atoms with Gasteiger partial charge in [-0.1, -0.05) is 19.3 Å². The van der Waals surface area contributed by atoms with Gasteiger partial charge in [0, 0.05) is 6.61 Å². The minimum atomic E-state index is 0.338. The van der Waals surface area contributed by atoms with E-state index in [9.17, 15) is 0 Å². The van der Waals surface area contributed by atoms with E-state index in [0.717, 1.165) is 19.8 Å². The van der Waals surface area contributed by atoms with Crippen molar-refractivity contribution >= 4 is 0 Å². The largest absolute Gasteiger partial charge is 0.376 e. The molecule has 0 aromatic heterocycles. The Balaban J connectivity index is 1.74. The van der Waals surface area contributed by atoms with Gasteiger partial charge < -0.3 is 15.2 Å². The first kappa shape index (κ1) is 13.3. The molecule has 1 aliphatic carbocycles. The molecular formula is C14H27NO2. The molecule has 3 nitrogen and oxygen atoms in total. The Morgan fingerprint density at radius 1 is 1.00 bits per heavy atom. The molecule has 2 fully saturated rings. The fourth-order valence-electron chi connectivity index (χ4n) is 3.01. The Hall–Kier alpha value is -0.120. The molecule has 0 spiro atoms. The van der Waals surface area contributed by atoms with E-state index in [-0.39, 0.29) is 0 Å². The average molecular weight is 241 g/mol. The first-order valence-corrected chi connectivity index (χ1v) is 7.33. The lowest BCUT2D eigenvalue weighted by Gasteiger charge is -2.28. The predicted molar refractivity (Wildman–Crippen MR) is 69.0 cm³/mol. The van der Waals surface area contributed by atoms with Crippen LogP contribution in [0.3, 0.4) is 0 Å². The van der Waals surface area contributed by atoms with Crippen molar-refractivity contribution in [3.63, 3.8) is 0 Å². The highest BCUT2D eigenvalue weighted by atomic mass is 16.5. The van der Waals surface area contributed by atoms with Crippen molar-refractivity contribution in [3.8, 4) is 0 Å². The molecule has 2 aliphatic rings. The van der Waals surface area contributed by atoms with Crippen LogP contribution >= 0.6 is 0 Å². The molecule has 3 atom stereocenters. The minimum absolute atomic E-state index is 0.338. The van der Waals surface area contributed by atoms with Crippen LogP contribution in [0.5, 0.6) is 0 Å². The van der Waals surface area contributed by atoms with Crippen LogP contribution in [-0.2, 0) is 9.47 Å². The van der Waals surface area contributed by atoms with E-state index in [0.29, 0.717) is 18.1 Å². The maximum Gasteiger partial charge on any atom is 0.0808 e. The summed E-state index contributed by atoms with van der Waals surface area (Å²) >= 11 is 0. The highest BCUT2D eigenvalue weighted by Crippen LogP contribution is 2.26. The molecule has 0 amide bonds. The van der Waals surface area contributed by atoms with Crippen LogP contribution in [0.4, 0.5) is 0 Å². The molecule has 1 aliphatic heterocycles. The van der Waals surface area contributed by atoms with Crippen molar-refractivity contribution in [3.05, 3.63) is 0 Å². The van der Waals surface area contributed by atoms with E-state index in [1.54, 1.807) is 0 Å². The molecule has 2 N–H and O–H groups in total. The minimum Gasteiger partial charge on any atom is -0.376 e. The van der Waals surface area contributed by atoms with E-state index in [1.807, 2.05) is 0 Å². The normalized spacial score (nSPS) is 35.5. The molecule has 100 valence electrons. The Bertz CT molecular complexity index is 204. The molecule has 1 heterocycles. The van der Waals surface area contributed by atoms with E-state index in [2.05, 4.69) is 0 Å². The van der Waals surface area contributed by atoms with Gasteiger partial charge in [0.05, 0.1) is 18.8 Å². The molecule has 0 bridgehead atoms. The summed E-state index contributed by atoms with van der Waals surface area (Å²) in [7, 11) is 0. The lowest BCUT2D eigenvalue weighted by Crippen LogP contribution is -2.33. The fraction of sp³-hybridized carbons (Fsp3) is 1.00. The maximum absolute atomic E-state index is 6.10. The lowest BCUT2D eigenvalue weighted by atomic mass is 9.97. The summed E-state index contributed by atoms with van der Waals surface area (Å²) in [4.78, 5) is 0. The third kappa shape index (κ3) is 4.23. The van der Waals surface area contributed by atoms with Gasteiger partial charge in [-0.2, -0.15) is 0 Å². The van der Waals surface area contributed by atoms with Crippen molar-refractivity contribution in [1.82, 2.24) is 0 Å². The van der Waals surface area contributed by atoms with Crippen LogP contribution in [-0.4, -0.2) is 32.0 Å². The van der Waals surface area contributed by atoms with Gasteiger partial charge >= 0.3 is 0 Å². The van der Waals surface area contributed by atoms with Gasteiger partial charge in [-0.3, -0.25) is 0 Å². The van der Waals surface area contributed by atoms with E-state index < -0.39 is 0 Å². The Morgan fingerprint density at radius 2 is 1.82 bits per heavy atom. The molecule has 2 rings (SSSR count). The van der Waals surface area contributed by atoms with Crippen molar-refractivity contribution in [2.75, 3.05) is 19.8 Å². The summed E-state index contributed by atoms with van der Waals surface area (Å²) in [6.07, 6.45) is 10.8. The average Bonchev–Trinajstić information content (AvgIpc) is 2.62.